The van der Waals surface area contributed by atoms with Crippen LogP contribution in [0.4, 0.5) is 4.79 Å². The molecule has 0 saturated carbocycles. The van der Waals surface area contributed by atoms with Gasteiger partial charge in [0.15, 0.2) is 5.96 Å². The van der Waals surface area contributed by atoms with E-state index in [0.29, 0.717) is 31.5 Å². The molecule has 0 radical (unpaired) electrons. The molecule has 0 fully saturated rings. The number of rotatable bonds is 6. The maximum atomic E-state index is 12.0. The molecule has 1 aromatic rings. The summed E-state index contributed by atoms with van der Waals surface area (Å²) >= 11 is 0. The minimum atomic E-state index is -0.491. The minimum absolute atomic E-state index is 0.220. The summed E-state index contributed by atoms with van der Waals surface area (Å²) in [5.41, 5.74) is 0.401. The first-order valence-corrected chi connectivity index (χ1v) is 8.83. The zero-order valence-corrected chi connectivity index (χ0v) is 17.3. The van der Waals surface area contributed by atoms with Gasteiger partial charge in [0.05, 0.1) is 12.2 Å². The Kier molecular flexibility index (Phi) is 7.92. The summed E-state index contributed by atoms with van der Waals surface area (Å²) in [6.45, 7) is 13.1. The second kappa shape index (κ2) is 9.45. The number of aromatic nitrogens is 1. The number of aliphatic imine (C=N–C) groups is 1. The van der Waals surface area contributed by atoms with Gasteiger partial charge in [0.25, 0.3) is 0 Å². The molecule has 0 saturated heterocycles. The predicted octanol–water partition coefficient (Wildman–Crippen LogP) is 2.46. The molecular weight excluding hydrogens is 334 g/mol. The van der Waals surface area contributed by atoms with Crippen molar-refractivity contribution in [3.8, 4) is 0 Å². The number of nitrogens with one attached hydrogen (secondary N) is 2. The number of amides is 1. The van der Waals surface area contributed by atoms with Crippen molar-refractivity contribution in [2.75, 3.05) is 27.2 Å². The van der Waals surface area contributed by atoms with E-state index in [1.807, 2.05) is 34.6 Å². The van der Waals surface area contributed by atoms with Crippen LogP contribution < -0.4 is 10.6 Å². The van der Waals surface area contributed by atoms with E-state index in [1.165, 1.54) is 0 Å². The highest BCUT2D eigenvalue weighted by Crippen LogP contribution is 2.10. The Hall–Kier alpha value is -2.25. The van der Waals surface area contributed by atoms with Gasteiger partial charge in [-0.2, -0.15) is 0 Å². The van der Waals surface area contributed by atoms with E-state index in [-0.39, 0.29) is 12.0 Å². The lowest BCUT2D eigenvalue weighted by Crippen LogP contribution is -2.42. The molecule has 26 heavy (non-hydrogen) atoms. The van der Waals surface area contributed by atoms with Gasteiger partial charge < -0.3 is 24.7 Å². The fraction of sp³-hybridized carbons (Fsp3) is 0.722. The number of ether oxygens (including phenoxy) is 1. The first-order valence-electron chi connectivity index (χ1n) is 8.83. The third-order valence-electron chi connectivity index (χ3n) is 3.61. The highest BCUT2D eigenvalue weighted by atomic mass is 16.6. The number of carbonyl (C=O) groups excluding carboxylic acids is 1. The Balaban J connectivity index is 2.39. The van der Waals surface area contributed by atoms with Crippen molar-refractivity contribution in [1.29, 1.82) is 0 Å². The monoisotopic (exact) mass is 367 g/mol. The van der Waals surface area contributed by atoms with Gasteiger partial charge in [-0.3, -0.25) is 4.99 Å². The zero-order chi connectivity index (χ0) is 19.9. The SMILES string of the molecule is CN=C(NCc1nc(C)c(C)o1)NCC(C)CN(C)C(=O)OC(C)(C)C. The molecule has 8 nitrogen and oxygen atoms in total. The maximum Gasteiger partial charge on any atom is 0.410 e. The smallest absolute Gasteiger partial charge is 0.410 e. The second-order valence-electron chi connectivity index (χ2n) is 7.52. The van der Waals surface area contributed by atoms with E-state index in [1.54, 1.807) is 19.0 Å². The number of carbonyl (C=O) groups is 1. The average Bonchev–Trinajstić information content (AvgIpc) is 2.84. The van der Waals surface area contributed by atoms with Crippen LogP contribution in [0.2, 0.25) is 0 Å². The minimum Gasteiger partial charge on any atom is -0.444 e. The topological polar surface area (TPSA) is 92.0 Å². The van der Waals surface area contributed by atoms with Gasteiger partial charge in [0.2, 0.25) is 5.89 Å². The molecule has 0 bridgehead atoms. The molecule has 8 heteroatoms. The molecule has 1 heterocycles. The molecule has 0 aliphatic heterocycles. The molecule has 1 rings (SSSR count). The van der Waals surface area contributed by atoms with Crippen molar-refractivity contribution < 1.29 is 13.9 Å². The molecule has 1 unspecified atom stereocenters. The molecule has 1 atom stereocenters. The van der Waals surface area contributed by atoms with Gasteiger partial charge in [0.1, 0.15) is 11.4 Å². The van der Waals surface area contributed by atoms with Gasteiger partial charge in [-0.1, -0.05) is 6.92 Å². The Labute approximate surface area is 156 Å². The number of nitrogens with zero attached hydrogens (tertiary/aromatic N) is 3. The largest absolute Gasteiger partial charge is 0.444 e. The van der Waals surface area contributed by atoms with Gasteiger partial charge >= 0.3 is 6.09 Å². The Morgan fingerprint density at radius 2 is 2.00 bits per heavy atom. The van der Waals surface area contributed by atoms with E-state index >= 15 is 0 Å². The molecule has 148 valence electrons. The van der Waals surface area contributed by atoms with Crippen LogP contribution in [0, 0.1) is 19.8 Å². The average molecular weight is 367 g/mol. The summed E-state index contributed by atoms with van der Waals surface area (Å²) in [6, 6.07) is 0. The number of guanidine groups is 1. The predicted molar refractivity (Wildman–Crippen MR) is 102 cm³/mol. The van der Waals surface area contributed by atoms with Crippen LogP contribution in [0.15, 0.2) is 9.41 Å². The van der Waals surface area contributed by atoms with Crippen LogP contribution in [-0.2, 0) is 11.3 Å². The molecule has 2 N–H and O–H groups in total. The van der Waals surface area contributed by atoms with Gasteiger partial charge in [-0.15, -0.1) is 0 Å². The summed E-state index contributed by atoms with van der Waals surface area (Å²) in [7, 11) is 3.45. The van der Waals surface area contributed by atoms with Crippen LogP contribution in [-0.4, -0.2) is 54.7 Å². The summed E-state index contributed by atoms with van der Waals surface area (Å²) in [5.74, 6) is 2.33. The van der Waals surface area contributed by atoms with Crippen molar-refractivity contribution >= 4 is 12.1 Å². The summed E-state index contributed by atoms with van der Waals surface area (Å²) in [5, 5.41) is 6.41. The first kappa shape index (κ1) is 21.8. The summed E-state index contributed by atoms with van der Waals surface area (Å²) < 4.78 is 10.9. The highest BCUT2D eigenvalue weighted by Gasteiger charge is 2.20. The number of aryl methyl sites for hydroxylation is 2. The van der Waals surface area contributed by atoms with Gasteiger partial charge in [-0.05, 0) is 40.5 Å². The Morgan fingerprint density at radius 1 is 1.35 bits per heavy atom. The van der Waals surface area contributed by atoms with Crippen molar-refractivity contribution in [1.82, 2.24) is 20.5 Å². The Bertz CT molecular complexity index is 599. The fourth-order valence-electron chi connectivity index (χ4n) is 2.21. The third kappa shape index (κ3) is 7.76. The van der Waals surface area contributed by atoms with Crippen molar-refractivity contribution in [2.45, 2.75) is 53.7 Å². The first-order chi connectivity index (χ1) is 12.0. The lowest BCUT2D eigenvalue weighted by molar-refractivity contribution is 0.0278. The summed E-state index contributed by atoms with van der Waals surface area (Å²) in [6.07, 6.45) is -0.318. The zero-order valence-electron chi connectivity index (χ0n) is 17.3. The lowest BCUT2D eigenvalue weighted by Gasteiger charge is -2.26. The standard InChI is InChI=1S/C18H33N5O3/c1-12(11-23(8)17(24)26-18(4,5)6)9-20-16(19-7)21-10-15-22-13(2)14(3)25-15/h12H,9-11H2,1-8H3,(H2,19,20,21). The third-order valence-corrected chi connectivity index (χ3v) is 3.61. The lowest BCUT2D eigenvalue weighted by atomic mass is 10.1. The van der Waals surface area contributed by atoms with Crippen molar-refractivity contribution in [3.63, 3.8) is 0 Å². The molecular formula is C18H33N5O3. The molecule has 0 spiro atoms. The Morgan fingerprint density at radius 3 is 2.50 bits per heavy atom. The summed E-state index contributed by atoms with van der Waals surface area (Å²) in [4.78, 5) is 22.1. The van der Waals surface area contributed by atoms with E-state index in [4.69, 9.17) is 9.15 Å². The second-order valence-corrected chi connectivity index (χ2v) is 7.52. The molecule has 1 amide bonds. The molecule has 0 aliphatic carbocycles. The van der Waals surface area contributed by atoms with E-state index in [0.717, 1.165) is 11.5 Å². The highest BCUT2D eigenvalue weighted by molar-refractivity contribution is 5.79. The van der Waals surface area contributed by atoms with Crippen LogP contribution in [0.25, 0.3) is 0 Å². The van der Waals surface area contributed by atoms with Crippen molar-refractivity contribution in [2.24, 2.45) is 10.9 Å². The van der Waals surface area contributed by atoms with Crippen LogP contribution >= 0.6 is 0 Å². The van der Waals surface area contributed by atoms with E-state index < -0.39 is 5.60 Å². The van der Waals surface area contributed by atoms with Gasteiger partial charge in [-0.25, -0.2) is 9.78 Å². The maximum absolute atomic E-state index is 12.0. The van der Waals surface area contributed by atoms with Crippen LogP contribution in [0.3, 0.4) is 0 Å². The number of hydrogen-bond donors (Lipinski definition) is 2. The van der Waals surface area contributed by atoms with E-state index in [9.17, 15) is 4.79 Å². The molecule has 1 aromatic heterocycles. The molecule has 0 aromatic carbocycles. The quantitative estimate of drug-likeness (QED) is 0.593. The number of oxazole rings is 1. The number of hydrogen-bond acceptors (Lipinski definition) is 5. The van der Waals surface area contributed by atoms with E-state index in [2.05, 4.69) is 27.5 Å². The normalized spacial score (nSPS) is 13.3. The molecule has 0 aliphatic rings. The fourth-order valence-corrected chi connectivity index (χ4v) is 2.21. The van der Waals surface area contributed by atoms with Crippen LogP contribution in [0.1, 0.15) is 45.0 Å². The van der Waals surface area contributed by atoms with Crippen molar-refractivity contribution in [3.05, 3.63) is 17.3 Å². The van der Waals surface area contributed by atoms with Gasteiger partial charge in [0, 0.05) is 27.2 Å². The van der Waals surface area contributed by atoms with Crippen LogP contribution in [0.5, 0.6) is 0 Å².